The van der Waals surface area contributed by atoms with E-state index in [4.69, 9.17) is 0 Å². The topological polar surface area (TPSA) is 23.5 Å². The first-order valence-electron chi connectivity index (χ1n) is 5.59. The SMILES string of the molecule is CC(O)C(C)(C)N1CC(C(C)(C)C)C1. The van der Waals surface area contributed by atoms with Crippen LogP contribution in [0, 0.1) is 11.3 Å². The Morgan fingerprint density at radius 1 is 1.14 bits per heavy atom. The molecule has 14 heavy (non-hydrogen) atoms. The minimum absolute atomic E-state index is 0.0677. The van der Waals surface area contributed by atoms with Crippen molar-refractivity contribution in [3.63, 3.8) is 0 Å². The maximum absolute atomic E-state index is 9.66. The number of hydrogen-bond acceptors (Lipinski definition) is 2. The van der Waals surface area contributed by atoms with E-state index in [1.807, 2.05) is 6.92 Å². The van der Waals surface area contributed by atoms with Gasteiger partial charge in [-0.3, -0.25) is 4.90 Å². The van der Waals surface area contributed by atoms with E-state index in [-0.39, 0.29) is 11.6 Å². The standard InChI is InChI=1S/C12H25NO/c1-9(14)12(5,6)13-7-10(8-13)11(2,3)4/h9-10,14H,7-8H2,1-6H3. The second kappa shape index (κ2) is 3.49. The first-order chi connectivity index (χ1) is 6.15. The number of aliphatic hydroxyl groups excluding tert-OH is 1. The molecule has 0 aliphatic carbocycles. The summed E-state index contributed by atoms with van der Waals surface area (Å²) in [7, 11) is 0. The van der Waals surface area contributed by atoms with E-state index in [0.29, 0.717) is 5.41 Å². The van der Waals surface area contributed by atoms with E-state index >= 15 is 0 Å². The van der Waals surface area contributed by atoms with Crippen molar-refractivity contribution < 1.29 is 5.11 Å². The second-order valence-corrected chi connectivity index (χ2v) is 6.30. The van der Waals surface area contributed by atoms with Crippen LogP contribution in [-0.2, 0) is 0 Å². The quantitative estimate of drug-likeness (QED) is 0.736. The van der Waals surface area contributed by atoms with Gasteiger partial charge in [0.2, 0.25) is 0 Å². The molecule has 0 aromatic carbocycles. The van der Waals surface area contributed by atoms with E-state index in [0.717, 1.165) is 19.0 Å². The van der Waals surface area contributed by atoms with E-state index in [2.05, 4.69) is 39.5 Å². The van der Waals surface area contributed by atoms with Crippen LogP contribution < -0.4 is 0 Å². The highest BCUT2D eigenvalue weighted by atomic mass is 16.3. The Labute approximate surface area is 88.3 Å². The van der Waals surface area contributed by atoms with Crippen molar-refractivity contribution in [2.75, 3.05) is 13.1 Å². The third kappa shape index (κ3) is 2.12. The Hall–Kier alpha value is -0.0800. The molecular weight excluding hydrogens is 174 g/mol. The summed E-state index contributed by atoms with van der Waals surface area (Å²) < 4.78 is 0. The summed E-state index contributed by atoms with van der Waals surface area (Å²) in [5, 5.41) is 9.66. The summed E-state index contributed by atoms with van der Waals surface area (Å²) in [5.41, 5.74) is 0.340. The molecule has 84 valence electrons. The first kappa shape index (κ1) is 12.0. The zero-order chi connectivity index (χ0) is 11.1. The average Bonchev–Trinajstić information content (AvgIpc) is 1.77. The Morgan fingerprint density at radius 2 is 1.57 bits per heavy atom. The van der Waals surface area contributed by atoms with Crippen molar-refractivity contribution >= 4 is 0 Å². The van der Waals surface area contributed by atoms with Gasteiger partial charge in [0.05, 0.1) is 6.10 Å². The molecule has 1 saturated heterocycles. The predicted molar refractivity (Wildman–Crippen MR) is 60.3 cm³/mol. The zero-order valence-electron chi connectivity index (χ0n) is 10.5. The molecule has 0 amide bonds. The number of likely N-dealkylation sites (tertiary alicyclic amines) is 1. The lowest BCUT2D eigenvalue weighted by molar-refractivity contribution is -0.0878. The maximum Gasteiger partial charge on any atom is 0.0690 e. The fourth-order valence-corrected chi connectivity index (χ4v) is 1.76. The molecule has 1 N–H and O–H groups in total. The molecule has 2 heteroatoms. The molecule has 1 heterocycles. The molecule has 0 saturated carbocycles. The van der Waals surface area contributed by atoms with Gasteiger partial charge >= 0.3 is 0 Å². The highest BCUT2D eigenvalue weighted by Crippen LogP contribution is 2.37. The second-order valence-electron chi connectivity index (χ2n) is 6.30. The van der Waals surface area contributed by atoms with Gasteiger partial charge in [0.1, 0.15) is 0 Å². The van der Waals surface area contributed by atoms with E-state index in [1.54, 1.807) is 0 Å². The van der Waals surface area contributed by atoms with Gasteiger partial charge in [-0.15, -0.1) is 0 Å². The van der Waals surface area contributed by atoms with Crippen LogP contribution >= 0.6 is 0 Å². The molecule has 0 aromatic heterocycles. The predicted octanol–water partition coefficient (Wildman–Crippen LogP) is 2.12. The van der Waals surface area contributed by atoms with E-state index in [1.165, 1.54) is 0 Å². The Morgan fingerprint density at radius 3 is 1.86 bits per heavy atom. The molecular formula is C12H25NO. The van der Waals surface area contributed by atoms with E-state index < -0.39 is 0 Å². The lowest BCUT2D eigenvalue weighted by Crippen LogP contribution is -2.63. The normalized spacial score (nSPS) is 23.4. The first-order valence-corrected chi connectivity index (χ1v) is 5.59. The fourth-order valence-electron chi connectivity index (χ4n) is 1.76. The van der Waals surface area contributed by atoms with Crippen LogP contribution in [0.25, 0.3) is 0 Å². The number of aliphatic hydroxyl groups is 1. The van der Waals surface area contributed by atoms with Crippen molar-refractivity contribution in [3.05, 3.63) is 0 Å². The summed E-state index contributed by atoms with van der Waals surface area (Å²) in [6.45, 7) is 15.3. The van der Waals surface area contributed by atoms with Crippen LogP contribution in [0.3, 0.4) is 0 Å². The lowest BCUT2D eigenvalue weighted by Gasteiger charge is -2.54. The Balaban J connectivity index is 2.49. The summed E-state index contributed by atoms with van der Waals surface area (Å²) in [6, 6.07) is 0. The van der Waals surface area contributed by atoms with Gasteiger partial charge < -0.3 is 5.11 Å². The van der Waals surface area contributed by atoms with Crippen molar-refractivity contribution in [1.29, 1.82) is 0 Å². The van der Waals surface area contributed by atoms with Gasteiger partial charge in [-0.1, -0.05) is 20.8 Å². The van der Waals surface area contributed by atoms with Crippen LogP contribution in [0.2, 0.25) is 0 Å². The van der Waals surface area contributed by atoms with Gasteiger partial charge in [-0.05, 0) is 32.1 Å². The van der Waals surface area contributed by atoms with Gasteiger partial charge in [0, 0.05) is 18.6 Å². The lowest BCUT2D eigenvalue weighted by atomic mass is 9.73. The molecule has 1 unspecified atom stereocenters. The molecule has 0 aromatic rings. The van der Waals surface area contributed by atoms with Gasteiger partial charge in [0.15, 0.2) is 0 Å². The van der Waals surface area contributed by atoms with Crippen molar-refractivity contribution in [1.82, 2.24) is 4.90 Å². The molecule has 1 atom stereocenters. The average molecular weight is 199 g/mol. The largest absolute Gasteiger partial charge is 0.392 e. The number of nitrogens with zero attached hydrogens (tertiary/aromatic N) is 1. The van der Waals surface area contributed by atoms with Crippen LogP contribution in [0.15, 0.2) is 0 Å². The summed E-state index contributed by atoms with van der Waals surface area (Å²) in [5.74, 6) is 0.778. The molecule has 1 rings (SSSR count). The zero-order valence-corrected chi connectivity index (χ0v) is 10.5. The summed E-state index contributed by atoms with van der Waals surface area (Å²) in [6.07, 6.45) is -0.261. The molecule has 1 aliphatic rings. The molecule has 0 bridgehead atoms. The Bertz CT molecular complexity index is 197. The highest BCUT2D eigenvalue weighted by Gasteiger charge is 2.43. The number of hydrogen-bond donors (Lipinski definition) is 1. The van der Waals surface area contributed by atoms with Crippen molar-refractivity contribution in [2.24, 2.45) is 11.3 Å². The van der Waals surface area contributed by atoms with Crippen molar-refractivity contribution in [3.8, 4) is 0 Å². The van der Waals surface area contributed by atoms with Crippen molar-refractivity contribution in [2.45, 2.75) is 53.2 Å². The van der Waals surface area contributed by atoms with Crippen LogP contribution in [0.4, 0.5) is 0 Å². The number of rotatable bonds is 2. The maximum atomic E-state index is 9.66. The monoisotopic (exact) mass is 199 g/mol. The third-order valence-corrected chi connectivity index (χ3v) is 3.94. The smallest absolute Gasteiger partial charge is 0.0690 e. The fraction of sp³-hybridized carbons (Fsp3) is 1.00. The molecule has 1 fully saturated rings. The summed E-state index contributed by atoms with van der Waals surface area (Å²) in [4.78, 5) is 2.38. The molecule has 1 aliphatic heterocycles. The van der Waals surface area contributed by atoms with Crippen LogP contribution in [0.1, 0.15) is 41.5 Å². The molecule has 0 spiro atoms. The van der Waals surface area contributed by atoms with Crippen LogP contribution in [-0.4, -0.2) is 34.7 Å². The van der Waals surface area contributed by atoms with Gasteiger partial charge in [-0.2, -0.15) is 0 Å². The van der Waals surface area contributed by atoms with Gasteiger partial charge in [0.25, 0.3) is 0 Å². The van der Waals surface area contributed by atoms with Gasteiger partial charge in [-0.25, -0.2) is 0 Å². The van der Waals surface area contributed by atoms with E-state index in [9.17, 15) is 5.11 Å². The molecule has 0 radical (unpaired) electrons. The highest BCUT2D eigenvalue weighted by molar-refractivity contribution is 4.97. The minimum atomic E-state index is -0.261. The minimum Gasteiger partial charge on any atom is -0.392 e. The van der Waals surface area contributed by atoms with Crippen LogP contribution in [0.5, 0.6) is 0 Å². The Kier molecular flexibility index (Phi) is 2.99. The third-order valence-electron chi connectivity index (χ3n) is 3.94. The summed E-state index contributed by atoms with van der Waals surface area (Å²) >= 11 is 0. The molecule has 2 nitrogen and oxygen atoms in total.